The summed E-state index contributed by atoms with van der Waals surface area (Å²) in [5, 5.41) is 1.92. The normalized spacial score (nSPS) is 13.8. The van der Waals surface area contributed by atoms with E-state index in [2.05, 4.69) is 34.9 Å². The summed E-state index contributed by atoms with van der Waals surface area (Å²) in [5.41, 5.74) is 5.18. The molecule has 4 heteroatoms. The van der Waals surface area contributed by atoms with Gasteiger partial charge in [-0.25, -0.2) is 4.98 Å². The molecule has 0 spiro atoms. The van der Waals surface area contributed by atoms with Crippen molar-refractivity contribution in [3.63, 3.8) is 0 Å². The van der Waals surface area contributed by atoms with Crippen molar-refractivity contribution in [1.29, 1.82) is 0 Å². The maximum absolute atomic E-state index is 5.93. The first-order valence-electron chi connectivity index (χ1n) is 7.16. The van der Waals surface area contributed by atoms with Crippen LogP contribution in [0.2, 0.25) is 5.02 Å². The number of hydrogen-bond acceptors (Lipinski definition) is 2. The number of hydrogen-bond donors (Lipinski definition) is 0. The van der Waals surface area contributed by atoms with Crippen LogP contribution in [0.4, 0.5) is 0 Å². The van der Waals surface area contributed by atoms with Crippen LogP contribution in [0.25, 0.3) is 11.0 Å². The molecule has 2 aromatic carbocycles. The Labute approximate surface area is 133 Å². The third-order valence-corrected chi connectivity index (χ3v) is 5.22. The highest BCUT2D eigenvalue weighted by Crippen LogP contribution is 2.32. The van der Waals surface area contributed by atoms with E-state index >= 15 is 0 Å². The number of aryl methyl sites for hydroxylation is 2. The van der Waals surface area contributed by atoms with E-state index in [1.165, 1.54) is 29.5 Å². The van der Waals surface area contributed by atoms with Gasteiger partial charge in [-0.05, 0) is 42.2 Å². The van der Waals surface area contributed by atoms with E-state index < -0.39 is 0 Å². The maximum Gasteiger partial charge on any atom is 0.169 e. The number of imidazole rings is 1. The summed E-state index contributed by atoms with van der Waals surface area (Å²) >= 11 is 7.74. The largest absolute Gasteiger partial charge is 0.319 e. The second-order valence-electron chi connectivity index (χ2n) is 5.35. The fourth-order valence-corrected chi connectivity index (χ4v) is 4.03. The topological polar surface area (TPSA) is 17.8 Å². The summed E-state index contributed by atoms with van der Waals surface area (Å²) in [4.78, 5) is 4.82. The van der Waals surface area contributed by atoms with Gasteiger partial charge in [0.15, 0.2) is 5.16 Å². The second-order valence-corrected chi connectivity index (χ2v) is 6.73. The van der Waals surface area contributed by atoms with Crippen molar-refractivity contribution in [3.05, 3.63) is 58.6 Å². The molecule has 0 fully saturated rings. The molecule has 0 amide bonds. The van der Waals surface area contributed by atoms with Crippen LogP contribution < -0.4 is 0 Å². The van der Waals surface area contributed by atoms with Crippen LogP contribution in [0, 0.1) is 0 Å². The Bertz CT molecular complexity index is 792. The van der Waals surface area contributed by atoms with Gasteiger partial charge >= 0.3 is 0 Å². The zero-order valence-corrected chi connectivity index (χ0v) is 13.1. The van der Waals surface area contributed by atoms with Crippen LogP contribution >= 0.6 is 23.4 Å². The second kappa shape index (κ2) is 5.39. The fourth-order valence-electron chi connectivity index (χ4n) is 2.91. The Hall–Kier alpha value is -1.45. The summed E-state index contributed by atoms with van der Waals surface area (Å²) in [6, 6.07) is 14.5. The van der Waals surface area contributed by atoms with Gasteiger partial charge in [0.25, 0.3) is 0 Å². The van der Waals surface area contributed by atoms with E-state index in [9.17, 15) is 0 Å². The van der Waals surface area contributed by atoms with E-state index in [4.69, 9.17) is 16.6 Å². The molecule has 4 rings (SSSR count). The average Bonchev–Trinajstić information content (AvgIpc) is 2.88. The monoisotopic (exact) mass is 314 g/mol. The van der Waals surface area contributed by atoms with E-state index in [-0.39, 0.29) is 0 Å². The predicted molar refractivity (Wildman–Crippen MR) is 89.1 cm³/mol. The molecule has 0 N–H and O–H groups in total. The summed E-state index contributed by atoms with van der Waals surface area (Å²) in [7, 11) is 0. The molecular formula is C17H15ClN2S. The van der Waals surface area contributed by atoms with Crippen molar-refractivity contribution in [2.45, 2.75) is 30.3 Å². The van der Waals surface area contributed by atoms with Crippen LogP contribution in [-0.2, 0) is 18.7 Å². The highest BCUT2D eigenvalue weighted by molar-refractivity contribution is 7.98. The number of halogens is 1. The Balaban J connectivity index is 1.65. The third kappa shape index (κ3) is 2.45. The number of para-hydroxylation sites is 1. The molecule has 2 heterocycles. The molecule has 106 valence electrons. The molecule has 0 saturated carbocycles. The summed E-state index contributed by atoms with van der Waals surface area (Å²) in [6.07, 6.45) is 2.38. The van der Waals surface area contributed by atoms with Crippen molar-refractivity contribution < 1.29 is 0 Å². The van der Waals surface area contributed by atoms with Crippen molar-refractivity contribution >= 4 is 34.4 Å². The molecule has 1 aliphatic rings. The first-order valence-corrected chi connectivity index (χ1v) is 8.53. The quantitative estimate of drug-likeness (QED) is 0.638. The standard InChI is InChI=1S/C17H15ClN2S/c18-14-8-6-12(7-9-14)11-21-17-19-15-5-1-3-13-4-2-10-20(17)16(13)15/h1,3,5-9H,2,4,10-11H2. The van der Waals surface area contributed by atoms with Crippen molar-refractivity contribution in [2.24, 2.45) is 0 Å². The lowest BCUT2D eigenvalue weighted by atomic mass is 10.1. The molecule has 1 aliphatic heterocycles. The Morgan fingerprint density at radius 3 is 2.86 bits per heavy atom. The zero-order chi connectivity index (χ0) is 14.2. The van der Waals surface area contributed by atoms with Gasteiger partial charge in [-0.1, -0.05) is 47.6 Å². The number of nitrogens with zero attached hydrogens (tertiary/aromatic N) is 2. The zero-order valence-electron chi connectivity index (χ0n) is 11.6. The first-order chi connectivity index (χ1) is 10.3. The van der Waals surface area contributed by atoms with Gasteiger partial charge in [0, 0.05) is 17.3 Å². The molecule has 0 unspecified atom stereocenters. The van der Waals surface area contributed by atoms with Crippen molar-refractivity contribution in [3.8, 4) is 0 Å². The van der Waals surface area contributed by atoms with Crippen LogP contribution in [0.5, 0.6) is 0 Å². The highest BCUT2D eigenvalue weighted by atomic mass is 35.5. The summed E-state index contributed by atoms with van der Waals surface area (Å²) in [5.74, 6) is 0.926. The molecule has 0 aliphatic carbocycles. The Morgan fingerprint density at radius 1 is 1.14 bits per heavy atom. The maximum atomic E-state index is 5.93. The minimum absolute atomic E-state index is 0.787. The van der Waals surface area contributed by atoms with Crippen LogP contribution in [-0.4, -0.2) is 9.55 Å². The third-order valence-electron chi connectivity index (χ3n) is 3.92. The molecule has 0 radical (unpaired) electrons. The van der Waals surface area contributed by atoms with Crippen LogP contribution in [0.3, 0.4) is 0 Å². The molecule has 0 atom stereocenters. The van der Waals surface area contributed by atoms with Gasteiger partial charge < -0.3 is 4.57 Å². The van der Waals surface area contributed by atoms with Gasteiger partial charge in [-0.2, -0.15) is 0 Å². The predicted octanol–water partition coefficient (Wildman–Crippen LogP) is 4.93. The molecule has 0 saturated heterocycles. The van der Waals surface area contributed by atoms with Crippen molar-refractivity contribution in [1.82, 2.24) is 9.55 Å². The van der Waals surface area contributed by atoms with Gasteiger partial charge in [0.05, 0.1) is 11.0 Å². The van der Waals surface area contributed by atoms with Gasteiger partial charge in [0.1, 0.15) is 0 Å². The van der Waals surface area contributed by atoms with E-state index in [0.717, 1.165) is 28.0 Å². The Morgan fingerprint density at radius 2 is 2.00 bits per heavy atom. The molecular weight excluding hydrogens is 300 g/mol. The number of aromatic nitrogens is 2. The minimum Gasteiger partial charge on any atom is -0.319 e. The fraction of sp³-hybridized carbons (Fsp3) is 0.235. The smallest absolute Gasteiger partial charge is 0.169 e. The molecule has 21 heavy (non-hydrogen) atoms. The number of thioether (sulfide) groups is 1. The summed E-state index contributed by atoms with van der Waals surface area (Å²) in [6.45, 7) is 1.08. The van der Waals surface area contributed by atoms with Gasteiger partial charge in [0.2, 0.25) is 0 Å². The average molecular weight is 315 g/mol. The van der Waals surface area contributed by atoms with E-state index in [1.807, 2.05) is 23.9 Å². The van der Waals surface area contributed by atoms with Crippen LogP contribution in [0.15, 0.2) is 47.6 Å². The minimum atomic E-state index is 0.787. The van der Waals surface area contributed by atoms with E-state index in [0.29, 0.717) is 0 Å². The molecule has 0 bridgehead atoms. The van der Waals surface area contributed by atoms with Gasteiger partial charge in [-0.3, -0.25) is 0 Å². The molecule has 3 aromatic rings. The van der Waals surface area contributed by atoms with Gasteiger partial charge in [-0.15, -0.1) is 0 Å². The number of rotatable bonds is 3. The molecule has 2 nitrogen and oxygen atoms in total. The Kier molecular flexibility index (Phi) is 3.40. The SMILES string of the molecule is Clc1ccc(CSc2nc3cccc4c3n2CCC4)cc1. The van der Waals surface area contributed by atoms with Crippen molar-refractivity contribution in [2.75, 3.05) is 0 Å². The lowest BCUT2D eigenvalue weighted by Gasteiger charge is -2.16. The van der Waals surface area contributed by atoms with Crippen LogP contribution in [0.1, 0.15) is 17.5 Å². The number of benzene rings is 2. The lowest BCUT2D eigenvalue weighted by Crippen LogP contribution is -2.08. The lowest BCUT2D eigenvalue weighted by molar-refractivity contribution is 0.588. The van der Waals surface area contributed by atoms with E-state index in [1.54, 1.807) is 0 Å². The first kappa shape index (κ1) is 13.2. The summed E-state index contributed by atoms with van der Waals surface area (Å²) < 4.78 is 2.38. The highest BCUT2D eigenvalue weighted by Gasteiger charge is 2.17. The molecule has 1 aromatic heterocycles.